The van der Waals surface area contributed by atoms with Crippen LogP contribution in [0.25, 0.3) is 0 Å². The summed E-state index contributed by atoms with van der Waals surface area (Å²) in [6.45, 7) is 4.24. The molecule has 0 aliphatic heterocycles. The van der Waals surface area contributed by atoms with Crippen LogP contribution in [0.1, 0.15) is 22.3 Å². The third-order valence-electron chi connectivity index (χ3n) is 2.65. The lowest BCUT2D eigenvalue weighted by Gasteiger charge is -2.03. The molecular weight excluding hydrogens is 212 g/mol. The third kappa shape index (κ3) is 4.39. The third-order valence-corrected chi connectivity index (χ3v) is 2.65. The van der Waals surface area contributed by atoms with Gasteiger partial charge in [0.25, 0.3) is 0 Å². The van der Waals surface area contributed by atoms with E-state index in [-0.39, 0.29) is 0 Å². The van der Waals surface area contributed by atoms with Gasteiger partial charge >= 0.3 is 0 Å². The Labute approximate surface area is 102 Å². The minimum Gasteiger partial charge on any atom is -0.255 e. The fourth-order valence-corrected chi connectivity index (χ4v) is 1.65. The molecule has 0 bridgehead atoms. The van der Waals surface area contributed by atoms with Gasteiger partial charge in [-0.05, 0) is 31.4 Å². The van der Waals surface area contributed by atoms with Crippen molar-refractivity contribution in [2.75, 3.05) is 0 Å². The fourth-order valence-electron chi connectivity index (χ4n) is 1.65. The fraction of sp³-hybridized carbons (Fsp3) is 0.200. The topological polar surface area (TPSA) is 40.5 Å². The molecule has 2 heteroatoms. The standard InChI is InChI=1S/C15H16.H2O2/c1-12-3-7-14(8-4-12)11-15-9-5-13(2)6-10-15;1-2/h3-10H,11H2,1-2H3;1-2H. The largest absolute Gasteiger partial charge is 0.255 e. The molecule has 0 aliphatic rings. The average molecular weight is 230 g/mol. The molecule has 0 atom stereocenters. The van der Waals surface area contributed by atoms with Crippen molar-refractivity contribution in [2.24, 2.45) is 0 Å². The molecule has 2 N–H and O–H groups in total. The van der Waals surface area contributed by atoms with E-state index < -0.39 is 0 Å². The molecule has 90 valence electrons. The van der Waals surface area contributed by atoms with Gasteiger partial charge in [-0.15, -0.1) is 0 Å². The normalized spacial score (nSPS) is 9.41. The van der Waals surface area contributed by atoms with Crippen LogP contribution in [0.5, 0.6) is 0 Å². The van der Waals surface area contributed by atoms with E-state index >= 15 is 0 Å². The maximum absolute atomic E-state index is 6.00. The second kappa shape index (κ2) is 6.84. The second-order valence-corrected chi connectivity index (χ2v) is 4.15. The molecule has 0 spiro atoms. The summed E-state index contributed by atoms with van der Waals surface area (Å²) in [5.41, 5.74) is 5.40. The zero-order valence-corrected chi connectivity index (χ0v) is 10.2. The van der Waals surface area contributed by atoms with Crippen LogP contribution in [-0.2, 0) is 6.42 Å². The Balaban J connectivity index is 0.000000686. The van der Waals surface area contributed by atoms with Gasteiger partial charge in [0.2, 0.25) is 0 Å². The summed E-state index contributed by atoms with van der Waals surface area (Å²) in [6, 6.07) is 17.5. The van der Waals surface area contributed by atoms with Gasteiger partial charge < -0.3 is 0 Å². The maximum Gasteiger partial charge on any atom is -0.00258 e. The van der Waals surface area contributed by atoms with Gasteiger partial charge in [0.05, 0.1) is 0 Å². The Morgan fingerprint density at radius 1 is 0.647 bits per heavy atom. The van der Waals surface area contributed by atoms with Gasteiger partial charge in [-0.25, -0.2) is 0 Å². The van der Waals surface area contributed by atoms with Gasteiger partial charge in [0.1, 0.15) is 0 Å². The highest BCUT2D eigenvalue weighted by molar-refractivity contribution is 5.29. The van der Waals surface area contributed by atoms with Crippen molar-refractivity contribution in [3.63, 3.8) is 0 Å². The summed E-state index contributed by atoms with van der Waals surface area (Å²) in [6.07, 6.45) is 1.03. The first-order valence-electron chi connectivity index (χ1n) is 5.55. The minimum absolute atomic E-state index is 1.03. The highest BCUT2D eigenvalue weighted by Gasteiger charge is 1.95. The van der Waals surface area contributed by atoms with Crippen LogP contribution in [0, 0.1) is 13.8 Å². The van der Waals surface area contributed by atoms with Crippen molar-refractivity contribution in [3.05, 3.63) is 70.8 Å². The van der Waals surface area contributed by atoms with E-state index in [0.717, 1.165) is 6.42 Å². The average Bonchev–Trinajstić information content (AvgIpc) is 2.37. The van der Waals surface area contributed by atoms with E-state index in [2.05, 4.69) is 62.4 Å². The highest BCUT2D eigenvalue weighted by atomic mass is 17.0. The maximum atomic E-state index is 6.00. The SMILES string of the molecule is Cc1ccc(Cc2ccc(C)cc2)cc1.OO. The number of benzene rings is 2. The van der Waals surface area contributed by atoms with Crippen LogP contribution in [-0.4, -0.2) is 10.5 Å². The van der Waals surface area contributed by atoms with Gasteiger partial charge in [0.15, 0.2) is 0 Å². The van der Waals surface area contributed by atoms with Crippen molar-refractivity contribution in [3.8, 4) is 0 Å². The molecule has 17 heavy (non-hydrogen) atoms. The van der Waals surface area contributed by atoms with E-state index in [4.69, 9.17) is 10.5 Å². The molecule has 2 aromatic carbocycles. The zero-order valence-electron chi connectivity index (χ0n) is 10.2. The Bertz CT molecular complexity index is 386. The van der Waals surface area contributed by atoms with Crippen LogP contribution in [0.15, 0.2) is 48.5 Å². The number of hydrogen-bond donors (Lipinski definition) is 2. The number of rotatable bonds is 2. The molecule has 0 saturated heterocycles. The summed E-state index contributed by atoms with van der Waals surface area (Å²) >= 11 is 0. The van der Waals surface area contributed by atoms with Crippen molar-refractivity contribution in [1.29, 1.82) is 0 Å². The molecule has 0 unspecified atom stereocenters. The van der Waals surface area contributed by atoms with Crippen LogP contribution in [0.2, 0.25) is 0 Å². The molecule has 0 fully saturated rings. The molecular formula is C15H18O2. The Kier molecular flexibility index (Phi) is 5.40. The molecule has 0 radical (unpaired) electrons. The summed E-state index contributed by atoms with van der Waals surface area (Å²) in [4.78, 5) is 0. The lowest BCUT2D eigenvalue weighted by Crippen LogP contribution is -1.88. The van der Waals surface area contributed by atoms with Crippen molar-refractivity contribution < 1.29 is 10.5 Å². The zero-order chi connectivity index (χ0) is 12.7. The van der Waals surface area contributed by atoms with E-state index in [1.165, 1.54) is 22.3 Å². The first-order valence-corrected chi connectivity index (χ1v) is 5.55. The second-order valence-electron chi connectivity index (χ2n) is 4.15. The number of hydrogen-bond acceptors (Lipinski definition) is 2. The quantitative estimate of drug-likeness (QED) is 0.606. The van der Waals surface area contributed by atoms with Crippen molar-refractivity contribution in [2.45, 2.75) is 20.3 Å². The van der Waals surface area contributed by atoms with Gasteiger partial charge in [-0.1, -0.05) is 59.7 Å². The lowest BCUT2D eigenvalue weighted by atomic mass is 10.0. The molecule has 0 heterocycles. The van der Waals surface area contributed by atoms with E-state index in [9.17, 15) is 0 Å². The van der Waals surface area contributed by atoms with Crippen molar-refractivity contribution >= 4 is 0 Å². The van der Waals surface area contributed by atoms with E-state index in [1.807, 2.05) is 0 Å². The van der Waals surface area contributed by atoms with Crippen molar-refractivity contribution in [1.82, 2.24) is 0 Å². The summed E-state index contributed by atoms with van der Waals surface area (Å²) < 4.78 is 0. The van der Waals surface area contributed by atoms with Gasteiger partial charge in [-0.3, -0.25) is 10.5 Å². The molecule has 2 aromatic rings. The molecule has 0 aliphatic carbocycles. The van der Waals surface area contributed by atoms with E-state index in [0.29, 0.717) is 0 Å². The summed E-state index contributed by atoms with van der Waals surface area (Å²) in [5.74, 6) is 0. The Hall–Kier alpha value is -1.64. The molecule has 2 rings (SSSR count). The van der Waals surface area contributed by atoms with Crippen LogP contribution < -0.4 is 0 Å². The summed E-state index contributed by atoms with van der Waals surface area (Å²) in [5, 5.41) is 12.0. The Morgan fingerprint density at radius 3 is 1.24 bits per heavy atom. The molecule has 0 amide bonds. The van der Waals surface area contributed by atoms with E-state index in [1.54, 1.807) is 0 Å². The highest BCUT2D eigenvalue weighted by Crippen LogP contribution is 2.11. The summed E-state index contributed by atoms with van der Waals surface area (Å²) in [7, 11) is 0. The first kappa shape index (κ1) is 13.4. The monoisotopic (exact) mass is 230 g/mol. The first-order chi connectivity index (χ1) is 8.24. The molecule has 0 saturated carbocycles. The van der Waals surface area contributed by atoms with Gasteiger partial charge in [0, 0.05) is 0 Å². The minimum atomic E-state index is 1.03. The van der Waals surface area contributed by atoms with Gasteiger partial charge in [-0.2, -0.15) is 0 Å². The smallest absolute Gasteiger partial charge is 0.00258 e. The predicted molar refractivity (Wildman–Crippen MR) is 70.4 cm³/mol. The lowest BCUT2D eigenvalue weighted by molar-refractivity contribution is -0.176. The Morgan fingerprint density at radius 2 is 0.941 bits per heavy atom. The molecule has 2 nitrogen and oxygen atoms in total. The van der Waals surface area contributed by atoms with Crippen LogP contribution in [0.3, 0.4) is 0 Å². The van der Waals surface area contributed by atoms with Crippen LogP contribution >= 0.6 is 0 Å². The predicted octanol–water partition coefficient (Wildman–Crippen LogP) is 3.91. The number of aryl methyl sites for hydroxylation is 2. The molecule has 0 aromatic heterocycles. The van der Waals surface area contributed by atoms with Crippen LogP contribution in [0.4, 0.5) is 0 Å².